The van der Waals surface area contributed by atoms with Gasteiger partial charge in [0, 0.05) is 13.1 Å². The van der Waals surface area contributed by atoms with Crippen molar-refractivity contribution < 1.29 is 0 Å². The van der Waals surface area contributed by atoms with Crippen molar-refractivity contribution in [1.29, 1.82) is 5.41 Å². The summed E-state index contributed by atoms with van der Waals surface area (Å²) in [5, 5.41) is 8.48. The van der Waals surface area contributed by atoms with Gasteiger partial charge < -0.3 is 16.4 Å². The maximum absolute atomic E-state index is 7.30. The Hall–Kier alpha value is -1.34. The van der Waals surface area contributed by atoms with E-state index >= 15 is 0 Å². The van der Waals surface area contributed by atoms with Gasteiger partial charge in [-0.1, -0.05) is 0 Å². The molecule has 0 aromatic heterocycles. The van der Waals surface area contributed by atoms with Gasteiger partial charge in [0.2, 0.25) is 5.96 Å². The van der Waals surface area contributed by atoms with E-state index in [-0.39, 0.29) is 11.9 Å². The molecule has 0 heterocycles. The van der Waals surface area contributed by atoms with Crippen molar-refractivity contribution >= 4 is 11.9 Å². The van der Waals surface area contributed by atoms with Gasteiger partial charge in [0.15, 0.2) is 5.96 Å². The smallest absolute Gasteiger partial charge is 0.235 e. The average molecular weight is 187 g/mol. The van der Waals surface area contributed by atoms with Crippen molar-refractivity contribution in [2.24, 2.45) is 22.3 Å². The quantitative estimate of drug-likeness (QED) is 0.175. The average Bonchev–Trinajstić information content (AvgIpc) is 1.98. The van der Waals surface area contributed by atoms with E-state index in [9.17, 15) is 0 Å². The number of guanidine groups is 2. The molecule has 13 heavy (non-hydrogen) atoms. The van der Waals surface area contributed by atoms with Crippen molar-refractivity contribution in [3.63, 3.8) is 0 Å². The van der Waals surface area contributed by atoms with Crippen LogP contribution in [0.1, 0.15) is 0 Å². The van der Waals surface area contributed by atoms with Gasteiger partial charge in [0.1, 0.15) is 0 Å². The van der Waals surface area contributed by atoms with Crippen molar-refractivity contribution in [2.45, 2.75) is 0 Å². The van der Waals surface area contributed by atoms with Crippen LogP contribution in [0.15, 0.2) is 4.99 Å². The molecule has 7 heteroatoms. The molecule has 0 unspecified atom stereocenters. The SMILES string of the molecule is CN(C)CCN(N)C(=N)N=C(N)N. The number of hydrogen-bond acceptors (Lipinski definition) is 3. The van der Waals surface area contributed by atoms with Crippen LogP contribution in [-0.4, -0.2) is 49.0 Å². The van der Waals surface area contributed by atoms with Crippen molar-refractivity contribution in [3.05, 3.63) is 0 Å². The fourth-order valence-corrected chi connectivity index (χ4v) is 0.600. The van der Waals surface area contributed by atoms with Gasteiger partial charge in [0.05, 0.1) is 0 Å². The van der Waals surface area contributed by atoms with Crippen LogP contribution in [0, 0.1) is 5.41 Å². The van der Waals surface area contributed by atoms with Crippen LogP contribution < -0.4 is 17.3 Å². The predicted molar refractivity (Wildman–Crippen MR) is 53.0 cm³/mol. The van der Waals surface area contributed by atoms with E-state index in [1.165, 1.54) is 5.01 Å². The first-order valence-corrected chi connectivity index (χ1v) is 3.78. The van der Waals surface area contributed by atoms with Crippen LogP contribution in [0.5, 0.6) is 0 Å². The van der Waals surface area contributed by atoms with Crippen molar-refractivity contribution in [3.8, 4) is 0 Å². The normalized spacial score (nSPS) is 9.85. The standard InChI is InChI=1S/C6H17N7/c1-12(2)3-4-13(10)6(9)11-5(7)8/h3-4,10H2,1-2H3,(H5,7,8,9,11). The van der Waals surface area contributed by atoms with Crippen LogP contribution in [0.4, 0.5) is 0 Å². The summed E-state index contributed by atoms with van der Waals surface area (Å²) in [6.07, 6.45) is 0. The summed E-state index contributed by atoms with van der Waals surface area (Å²) in [5.74, 6) is 5.18. The number of likely N-dealkylation sites (N-methyl/N-ethyl adjacent to an activating group) is 1. The first-order chi connectivity index (χ1) is 5.93. The predicted octanol–water partition coefficient (Wildman–Crippen LogP) is -2.07. The van der Waals surface area contributed by atoms with Gasteiger partial charge >= 0.3 is 0 Å². The van der Waals surface area contributed by atoms with E-state index in [1.54, 1.807) is 0 Å². The Balaban J connectivity index is 3.90. The van der Waals surface area contributed by atoms with E-state index in [0.717, 1.165) is 6.54 Å². The van der Waals surface area contributed by atoms with E-state index < -0.39 is 0 Å². The lowest BCUT2D eigenvalue weighted by molar-refractivity contribution is 0.332. The summed E-state index contributed by atoms with van der Waals surface area (Å²) in [7, 11) is 3.83. The lowest BCUT2D eigenvalue weighted by Gasteiger charge is -2.18. The maximum atomic E-state index is 7.30. The van der Waals surface area contributed by atoms with Crippen molar-refractivity contribution in [2.75, 3.05) is 27.2 Å². The number of aliphatic imine (C=N–C) groups is 1. The molecule has 0 aromatic rings. The van der Waals surface area contributed by atoms with Crippen LogP contribution in [0.25, 0.3) is 0 Å². The highest BCUT2D eigenvalue weighted by molar-refractivity contribution is 5.91. The van der Waals surface area contributed by atoms with E-state index in [0.29, 0.717) is 6.54 Å². The molecule has 0 saturated heterocycles. The molecule has 0 aliphatic heterocycles. The zero-order chi connectivity index (χ0) is 10.4. The zero-order valence-corrected chi connectivity index (χ0v) is 7.99. The molecule has 0 aromatic carbocycles. The summed E-state index contributed by atoms with van der Waals surface area (Å²) < 4.78 is 0. The second kappa shape index (κ2) is 5.33. The summed E-state index contributed by atoms with van der Waals surface area (Å²) in [6.45, 7) is 1.24. The first kappa shape index (κ1) is 11.7. The van der Waals surface area contributed by atoms with Gasteiger partial charge in [-0.05, 0) is 14.1 Å². The molecule has 0 radical (unpaired) electrons. The number of nitrogens with zero attached hydrogens (tertiary/aromatic N) is 3. The van der Waals surface area contributed by atoms with Crippen LogP contribution in [0.2, 0.25) is 0 Å². The Bertz CT molecular complexity index is 193. The molecular formula is C6H17N7. The fourth-order valence-electron chi connectivity index (χ4n) is 0.600. The Labute approximate surface area is 77.7 Å². The molecule has 7 N–H and O–H groups in total. The van der Waals surface area contributed by atoms with E-state index in [1.807, 2.05) is 19.0 Å². The number of nitrogens with two attached hydrogens (primary N) is 3. The minimum Gasteiger partial charge on any atom is -0.370 e. The molecule has 0 fully saturated rings. The van der Waals surface area contributed by atoms with E-state index in [4.69, 9.17) is 22.7 Å². The first-order valence-electron chi connectivity index (χ1n) is 3.78. The summed E-state index contributed by atoms with van der Waals surface area (Å²) in [6, 6.07) is 0. The third-order valence-corrected chi connectivity index (χ3v) is 1.30. The molecule has 0 aliphatic rings. The topological polar surface area (TPSA) is 121 Å². The van der Waals surface area contributed by atoms with Crippen LogP contribution >= 0.6 is 0 Å². The van der Waals surface area contributed by atoms with Gasteiger partial charge in [-0.3, -0.25) is 10.4 Å². The second-order valence-electron chi connectivity index (χ2n) is 2.86. The molecule has 0 bridgehead atoms. The number of hydrazine groups is 1. The Morgan fingerprint density at radius 3 is 2.23 bits per heavy atom. The van der Waals surface area contributed by atoms with Gasteiger partial charge in [-0.2, -0.15) is 4.99 Å². The van der Waals surface area contributed by atoms with E-state index in [2.05, 4.69) is 4.99 Å². The number of hydrogen-bond donors (Lipinski definition) is 4. The molecule has 7 nitrogen and oxygen atoms in total. The molecule has 76 valence electrons. The zero-order valence-electron chi connectivity index (χ0n) is 7.99. The highest BCUT2D eigenvalue weighted by Crippen LogP contribution is 1.84. The fraction of sp³-hybridized carbons (Fsp3) is 0.667. The molecule has 0 rings (SSSR count). The highest BCUT2D eigenvalue weighted by atomic mass is 15.5. The largest absolute Gasteiger partial charge is 0.370 e. The van der Waals surface area contributed by atoms with Crippen LogP contribution in [-0.2, 0) is 0 Å². The molecule has 0 atom stereocenters. The van der Waals surface area contributed by atoms with Gasteiger partial charge in [-0.15, -0.1) is 0 Å². The number of nitrogens with one attached hydrogen (secondary N) is 1. The highest BCUT2D eigenvalue weighted by Gasteiger charge is 2.03. The van der Waals surface area contributed by atoms with Gasteiger partial charge in [-0.25, -0.2) is 5.84 Å². The number of rotatable bonds is 3. The monoisotopic (exact) mass is 187 g/mol. The third kappa shape index (κ3) is 5.88. The minimum atomic E-state index is -0.162. The Kier molecular flexibility index (Phi) is 4.78. The van der Waals surface area contributed by atoms with Gasteiger partial charge in [0.25, 0.3) is 0 Å². The second-order valence-corrected chi connectivity index (χ2v) is 2.86. The lowest BCUT2D eigenvalue weighted by Crippen LogP contribution is -2.42. The molecule has 0 saturated carbocycles. The molecule has 0 amide bonds. The molecule has 0 aliphatic carbocycles. The Morgan fingerprint density at radius 1 is 1.31 bits per heavy atom. The summed E-state index contributed by atoms with van der Waals surface area (Å²) in [4.78, 5) is 5.44. The lowest BCUT2D eigenvalue weighted by atomic mass is 10.5. The van der Waals surface area contributed by atoms with Crippen LogP contribution in [0.3, 0.4) is 0 Å². The molecular weight excluding hydrogens is 170 g/mol. The minimum absolute atomic E-state index is 0.137. The maximum Gasteiger partial charge on any atom is 0.235 e. The third-order valence-electron chi connectivity index (χ3n) is 1.30. The summed E-state index contributed by atoms with van der Waals surface area (Å²) >= 11 is 0. The van der Waals surface area contributed by atoms with Crippen molar-refractivity contribution in [1.82, 2.24) is 9.91 Å². The molecule has 0 spiro atoms. The summed E-state index contributed by atoms with van der Waals surface area (Å²) in [5.41, 5.74) is 10.2. The Morgan fingerprint density at radius 2 is 1.85 bits per heavy atom.